The minimum absolute atomic E-state index is 0.0660. The molecule has 0 aliphatic heterocycles. The van der Waals surface area contributed by atoms with Crippen LogP contribution in [0.5, 0.6) is 0 Å². The van der Waals surface area contributed by atoms with Gasteiger partial charge in [-0.3, -0.25) is 9.59 Å². The van der Waals surface area contributed by atoms with Crippen LogP contribution in [0.25, 0.3) is 0 Å². The first-order valence-corrected chi connectivity index (χ1v) is 7.93. The Morgan fingerprint density at radius 3 is 2.41 bits per heavy atom. The van der Waals surface area contributed by atoms with E-state index in [4.69, 9.17) is 11.6 Å². The minimum Gasteiger partial charge on any atom is -0.301 e. The van der Waals surface area contributed by atoms with Gasteiger partial charge in [0.25, 0.3) is 0 Å². The number of carbonyl (C=O) groups excluding carboxylic acids is 2. The molecule has 0 saturated heterocycles. The molecule has 4 nitrogen and oxygen atoms in total. The molecule has 2 aromatic carbocycles. The first-order valence-electron chi connectivity index (χ1n) is 6.40. The van der Waals surface area contributed by atoms with Gasteiger partial charge < -0.3 is 4.72 Å². The number of nitrogens with one attached hydrogen (secondary N) is 1. The van der Waals surface area contributed by atoms with Crippen LogP contribution in [0.1, 0.15) is 20.7 Å². The maximum absolute atomic E-state index is 12.4. The lowest BCUT2D eigenvalue weighted by Gasteiger charge is -2.15. The summed E-state index contributed by atoms with van der Waals surface area (Å²) in [6, 6.07) is 13.1. The molecule has 0 radical (unpaired) electrons. The van der Waals surface area contributed by atoms with Crippen molar-refractivity contribution in [2.75, 3.05) is 4.72 Å². The van der Waals surface area contributed by atoms with Gasteiger partial charge in [0, 0.05) is 27.9 Å². The third-order valence-corrected chi connectivity index (χ3v) is 4.52. The van der Waals surface area contributed by atoms with Crippen LogP contribution in [0.4, 0.5) is 5.69 Å². The molecule has 1 unspecified atom stereocenters. The zero-order chi connectivity index (χ0) is 15.7. The standard InChI is InChI=1S/C16H10ClNO3S/c17-10-4-3-5-11(8-10)18-22(21)15-9-14(19)12-6-1-2-7-13(12)16(15)20/h1-9,18H. The van der Waals surface area contributed by atoms with Crippen molar-refractivity contribution in [2.45, 2.75) is 0 Å². The van der Waals surface area contributed by atoms with Gasteiger partial charge in [0.15, 0.2) is 16.8 Å². The highest BCUT2D eigenvalue weighted by Crippen LogP contribution is 2.24. The molecule has 1 N–H and O–H groups in total. The summed E-state index contributed by atoms with van der Waals surface area (Å²) in [5, 5.41) is 0.479. The number of anilines is 1. The Hall–Kier alpha value is -2.24. The Bertz CT molecular complexity index is 845. The van der Waals surface area contributed by atoms with E-state index in [9.17, 15) is 13.8 Å². The summed E-state index contributed by atoms with van der Waals surface area (Å²) in [5.74, 6) is -0.741. The van der Waals surface area contributed by atoms with Gasteiger partial charge >= 0.3 is 0 Å². The predicted molar refractivity (Wildman–Crippen MR) is 86.4 cm³/mol. The van der Waals surface area contributed by atoms with Gasteiger partial charge in [0.1, 0.15) is 4.91 Å². The van der Waals surface area contributed by atoms with E-state index >= 15 is 0 Å². The van der Waals surface area contributed by atoms with E-state index in [1.54, 1.807) is 48.5 Å². The predicted octanol–water partition coefficient (Wildman–Crippen LogP) is 3.38. The fourth-order valence-corrected chi connectivity index (χ4v) is 3.28. The van der Waals surface area contributed by atoms with Crippen LogP contribution >= 0.6 is 11.6 Å². The third kappa shape index (κ3) is 2.73. The van der Waals surface area contributed by atoms with Crippen LogP contribution in [0.15, 0.2) is 59.5 Å². The molecule has 0 saturated carbocycles. The molecule has 110 valence electrons. The number of ketones is 2. The molecule has 1 aliphatic carbocycles. The molecule has 0 amide bonds. The van der Waals surface area contributed by atoms with Crippen molar-refractivity contribution in [1.29, 1.82) is 0 Å². The van der Waals surface area contributed by atoms with Crippen LogP contribution in [0.3, 0.4) is 0 Å². The Morgan fingerprint density at radius 2 is 1.68 bits per heavy atom. The molecule has 0 spiro atoms. The number of halogens is 1. The van der Waals surface area contributed by atoms with Gasteiger partial charge in [-0.05, 0) is 18.2 Å². The average Bonchev–Trinajstić information content (AvgIpc) is 2.51. The highest BCUT2D eigenvalue weighted by molar-refractivity contribution is 7.91. The highest BCUT2D eigenvalue weighted by atomic mass is 35.5. The third-order valence-electron chi connectivity index (χ3n) is 3.16. The Morgan fingerprint density at radius 1 is 0.955 bits per heavy atom. The molecule has 6 heteroatoms. The quantitative estimate of drug-likeness (QED) is 0.937. The van der Waals surface area contributed by atoms with Crippen molar-refractivity contribution >= 4 is 39.8 Å². The second-order valence-corrected chi connectivity index (χ2v) is 6.25. The number of allylic oxidation sites excluding steroid dienone is 2. The molecule has 0 heterocycles. The van der Waals surface area contributed by atoms with Crippen LogP contribution in [0.2, 0.25) is 5.02 Å². The van der Waals surface area contributed by atoms with Crippen molar-refractivity contribution in [3.63, 3.8) is 0 Å². The van der Waals surface area contributed by atoms with Gasteiger partial charge in [0.2, 0.25) is 5.78 Å². The first-order chi connectivity index (χ1) is 10.6. The van der Waals surface area contributed by atoms with Crippen molar-refractivity contribution in [3.05, 3.63) is 75.7 Å². The van der Waals surface area contributed by atoms with Crippen molar-refractivity contribution in [3.8, 4) is 0 Å². The number of benzene rings is 2. The molecular formula is C16H10ClNO3S. The van der Waals surface area contributed by atoms with E-state index in [1.807, 2.05) is 0 Å². The molecular weight excluding hydrogens is 322 g/mol. The van der Waals surface area contributed by atoms with Crippen LogP contribution in [-0.4, -0.2) is 15.8 Å². The first kappa shape index (κ1) is 14.7. The van der Waals surface area contributed by atoms with Crippen molar-refractivity contribution in [2.24, 2.45) is 0 Å². The van der Waals surface area contributed by atoms with Gasteiger partial charge in [0.05, 0.1) is 0 Å². The molecule has 0 fully saturated rings. The largest absolute Gasteiger partial charge is 0.301 e. The summed E-state index contributed by atoms with van der Waals surface area (Å²) in [5.41, 5.74) is 1.10. The van der Waals surface area contributed by atoms with Gasteiger partial charge in [-0.1, -0.05) is 41.9 Å². The Kier molecular flexibility index (Phi) is 3.92. The monoisotopic (exact) mass is 331 g/mol. The van der Waals surface area contributed by atoms with E-state index in [-0.39, 0.29) is 16.3 Å². The van der Waals surface area contributed by atoms with Crippen LogP contribution in [0, 0.1) is 0 Å². The topological polar surface area (TPSA) is 63.2 Å². The number of hydrogen-bond acceptors (Lipinski definition) is 3. The van der Waals surface area contributed by atoms with Gasteiger partial charge in [-0.2, -0.15) is 0 Å². The van der Waals surface area contributed by atoms with Crippen LogP contribution < -0.4 is 4.72 Å². The number of Topliss-reactive ketones (excluding diaryl/α,β-unsaturated/α-hetero) is 1. The minimum atomic E-state index is -1.84. The van der Waals surface area contributed by atoms with Gasteiger partial charge in [-0.25, -0.2) is 4.21 Å². The lowest BCUT2D eigenvalue weighted by molar-refractivity contribution is 0.0991. The molecule has 1 atom stereocenters. The zero-order valence-corrected chi connectivity index (χ0v) is 12.8. The fourth-order valence-electron chi connectivity index (χ4n) is 2.14. The Balaban J connectivity index is 1.91. The van der Waals surface area contributed by atoms with Crippen molar-refractivity contribution in [1.82, 2.24) is 0 Å². The lowest BCUT2D eigenvalue weighted by atomic mass is 9.95. The normalized spacial score (nSPS) is 15.0. The summed E-state index contributed by atoms with van der Waals surface area (Å²) < 4.78 is 15.0. The summed E-state index contributed by atoms with van der Waals surface area (Å²) in [4.78, 5) is 24.4. The highest BCUT2D eigenvalue weighted by Gasteiger charge is 2.28. The number of hydrogen-bond donors (Lipinski definition) is 1. The molecule has 3 rings (SSSR count). The fraction of sp³-hybridized carbons (Fsp3) is 0. The Labute approximate surface area is 134 Å². The van der Waals surface area contributed by atoms with E-state index < -0.39 is 16.8 Å². The second-order valence-electron chi connectivity index (χ2n) is 4.63. The molecule has 0 aromatic heterocycles. The van der Waals surface area contributed by atoms with Gasteiger partial charge in [-0.15, -0.1) is 0 Å². The SMILES string of the molecule is O=C1C=C(S(=O)Nc2cccc(Cl)c2)C(=O)c2ccccc21. The summed E-state index contributed by atoms with van der Waals surface area (Å²) in [6.45, 7) is 0. The summed E-state index contributed by atoms with van der Waals surface area (Å²) in [7, 11) is -1.84. The van der Waals surface area contributed by atoms with Crippen molar-refractivity contribution < 1.29 is 13.8 Å². The smallest absolute Gasteiger partial charge is 0.204 e. The van der Waals surface area contributed by atoms with E-state index in [0.717, 1.165) is 6.08 Å². The maximum atomic E-state index is 12.4. The van der Waals surface area contributed by atoms with Crippen LogP contribution in [-0.2, 0) is 11.0 Å². The summed E-state index contributed by atoms with van der Waals surface area (Å²) >= 11 is 5.86. The molecule has 22 heavy (non-hydrogen) atoms. The second kappa shape index (κ2) is 5.87. The zero-order valence-electron chi connectivity index (χ0n) is 11.2. The van der Waals surface area contributed by atoms with E-state index in [1.165, 1.54) is 0 Å². The van der Waals surface area contributed by atoms with E-state index in [0.29, 0.717) is 16.3 Å². The maximum Gasteiger partial charge on any atom is 0.204 e. The average molecular weight is 332 g/mol. The number of fused-ring (bicyclic) bond motifs is 1. The molecule has 0 bridgehead atoms. The number of rotatable bonds is 3. The lowest BCUT2D eigenvalue weighted by Crippen LogP contribution is -2.22. The molecule has 2 aromatic rings. The van der Waals surface area contributed by atoms with E-state index in [2.05, 4.69) is 4.72 Å². The summed E-state index contributed by atoms with van der Waals surface area (Å²) in [6.07, 6.45) is 1.12. The number of carbonyl (C=O) groups is 2. The molecule has 1 aliphatic rings.